The highest BCUT2D eigenvalue weighted by Crippen LogP contribution is 2.16. The maximum Gasteiger partial charge on any atom is 0.317 e. The quantitative estimate of drug-likeness (QED) is 0.833. The summed E-state index contributed by atoms with van der Waals surface area (Å²) in [5, 5.41) is 8.84. The Morgan fingerprint density at radius 3 is 2.77 bits per heavy atom. The number of hydrogen-bond acceptors (Lipinski definition) is 4. The van der Waals surface area contributed by atoms with E-state index in [9.17, 15) is 4.79 Å². The Kier molecular flexibility index (Phi) is 6.21. The van der Waals surface area contributed by atoms with Crippen LogP contribution in [0.1, 0.15) is 18.4 Å². The van der Waals surface area contributed by atoms with Crippen molar-refractivity contribution in [2.75, 3.05) is 39.8 Å². The lowest BCUT2D eigenvalue weighted by molar-refractivity contribution is -0.138. The van der Waals surface area contributed by atoms with E-state index in [0.29, 0.717) is 12.6 Å². The van der Waals surface area contributed by atoms with Crippen molar-refractivity contribution in [1.82, 2.24) is 9.80 Å². The second-order valence-electron chi connectivity index (χ2n) is 6.05. The topological polar surface area (TPSA) is 53.0 Å². The van der Waals surface area contributed by atoms with E-state index in [1.165, 1.54) is 5.56 Å². The molecule has 0 unspecified atom stereocenters. The third kappa shape index (κ3) is 5.31. The largest absolute Gasteiger partial charge is 0.492 e. The molecule has 1 heterocycles. The van der Waals surface area contributed by atoms with Crippen LogP contribution in [0.5, 0.6) is 5.75 Å². The fourth-order valence-corrected chi connectivity index (χ4v) is 2.92. The summed E-state index contributed by atoms with van der Waals surface area (Å²) in [7, 11) is 1.90. The van der Waals surface area contributed by atoms with Gasteiger partial charge in [0.05, 0.1) is 6.54 Å². The van der Waals surface area contributed by atoms with Crippen LogP contribution in [-0.2, 0) is 4.79 Å². The molecule has 1 aromatic rings. The van der Waals surface area contributed by atoms with E-state index < -0.39 is 5.97 Å². The highest BCUT2D eigenvalue weighted by atomic mass is 16.5. The first-order valence-corrected chi connectivity index (χ1v) is 7.88. The van der Waals surface area contributed by atoms with Crippen molar-refractivity contribution < 1.29 is 14.6 Å². The zero-order chi connectivity index (χ0) is 15.9. The van der Waals surface area contributed by atoms with Gasteiger partial charge in [0.25, 0.3) is 0 Å². The number of piperidine rings is 1. The summed E-state index contributed by atoms with van der Waals surface area (Å²) in [6.45, 7) is 5.81. The Bertz CT molecular complexity index is 485. The van der Waals surface area contributed by atoms with Gasteiger partial charge in [0.15, 0.2) is 0 Å². The summed E-state index contributed by atoms with van der Waals surface area (Å²) in [5.74, 6) is 0.174. The minimum absolute atomic E-state index is 0.126. The number of hydrogen-bond donors (Lipinski definition) is 1. The van der Waals surface area contributed by atoms with Crippen LogP contribution in [0, 0.1) is 6.92 Å². The molecule has 1 aromatic carbocycles. The summed E-state index contributed by atoms with van der Waals surface area (Å²) in [5.41, 5.74) is 1.21. The number of benzene rings is 1. The van der Waals surface area contributed by atoms with Gasteiger partial charge in [-0.15, -0.1) is 0 Å². The number of likely N-dealkylation sites (tertiary alicyclic amines) is 1. The van der Waals surface area contributed by atoms with E-state index in [4.69, 9.17) is 9.84 Å². The van der Waals surface area contributed by atoms with E-state index in [-0.39, 0.29) is 6.54 Å². The molecule has 22 heavy (non-hydrogen) atoms. The van der Waals surface area contributed by atoms with Crippen LogP contribution < -0.4 is 4.74 Å². The molecule has 0 bridgehead atoms. The third-order valence-electron chi connectivity index (χ3n) is 4.23. The second kappa shape index (κ2) is 8.15. The lowest BCUT2D eigenvalue weighted by Gasteiger charge is -2.36. The predicted octanol–water partition coefficient (Wildman–Crippen LogP) is 1.85. The molecule has 0 aliphatic carbocycles. The van der Waals surface area contributed by atoms with Crippen LogP contribution in [0.4, 0.5) is 0 Å². The molecular weight excluding hydrogens is 280 g/mol. The van der Waals surface area contributed by atoms with Crippen LogP contribution in [0.3, 0.4) is 0 Å². The highest BCUT2D eigenvalue weighted by molar-refractivity contribution is 5.69. The van der Waals surface area contributed by atoms with E-state index in [2.05, 4.69) is 17.9 Å². The van der Waals surface area contributed by atoms with Gasteiger partial charge < -0.3 is 9.84 Å². The van der Waals surface area contributed by atoms with Gasteiger partial charge in [-0.05, 0) is 57.6 Å². The van der Waals surface area contributed by atoms with Gasteiger partial charge in [0, 0.05) is 12.6 Å². The van der Waals surface area contributed by atoms with Crippen LogP contribution in [0.15, 0.2) is 24.3 Å². The summed E-state index contributed by atoms with van der Waals surface area (Å²) >= 11 is 0. The molecule has 0 aromatic heterocycles. The maximum atomic E-state index is 10.7. The molecule has 1 fully saturated rings. The Labute approximate surface area is 132 Å². The lowest BCUT2D eigenvalue weighted by Crippen LogP contribution is -2.45. The van der Waals surface area contributed by atoms with Crippen LogP contribution in [-0.4, -0.2) is 66.8 Å². The Balaban J connectivity index is 1.66. The normalized spacial score (nSPS) is 16.9. The Morgan fingerprint density at radius 2 is 2.14 bits per heavy atom. The van der Waals surface area contributed by atoms with Crippen molar-refractivity contribution in [3.05, 3.63) is 29.8 Å². The van der Waals surface area contributed by atoms with Gasteiger partial charge in [-0.3, -0.25) is 14.6 Å². The molecule has 2 rings (SSSR count). The van der Waals surface area contributed by atoms with Crippen LogP contribution >= 0.6 is 0 Å². The highest BCUT2D eigenvalue weighted by Gasteiger charge is 2.23. The number of likely N-dealkylation sites (N-methyl/N-ethyl adjacent to an activating group) is 1. The van der Waals surface area contributed by atoms with Gasteiger partial charge in [-0.1, -0.05) is 12.1 Å². The smallest absolute Gasteiger partial charge is 0.317 e. The van der Waals surface area contributed by atoms with Crippen molar-refractivity contribution in [3.8, 4) is 5.75 Å². The molecular formula is C17H26N2O3. The predicted molar refractivity (Wildman–Crippen MR) is 86.4 cm³/mol. The van der Waals surface area contributed by atoms with E-state index in [0.717, 1.165) is 38.2 Å². The zero-order valence-electron chi connectivity index (χ0n) is 13.5. The van der Waals surface area contributed by atoms with Crippen molar-refractivity contribution >= 4 is 5.97 Å². The van der Waals surface area contributed by atoms with Gasteiger partial charge in [0.2, 0.25) is 0 Å². The zero-order valence-corrected chi connectivity index (χ0v) is 13.5. The average molecular weight is 306 g/mol. The van der Waals surface area contributed by atoms with Crippen molar-refractivity contribution in [2.45, 2.75) is 25.8 Å². The number of carbonyl (C=O) groups is 1. The number of carboxylic acid groups (broad SMARTS) is 1. The van der Waals surface area contributed by atoms with E-state index in [1.54, 1.807) is 0 Å². The second-order valence-corrected chi connectivity index (χ2v) is 6.05. The Morgan fingerprint density at radius 1 is 1.41 bits per heavy atom. The number of carboxylic acids is 1. The molecule has 0 atom stereocenters. The molecule has 0 saturated carbocycles. The minimum Gasteiger partial charge on any atom is -0.492 e. The fraction of sp³-hybridized carbons (Fsp3) is 0.588. The summed E-state index contributed by atoms with van der Waals surface area (Å²) in [4.78, 5) is 15.1. The number of rotatable bonds is 7. The third-order valence-corrected chi connectivity index (χ3v) is 4.23. The SMILES string of the molecule is Cc1cccc(OCCN2CCC(N(C)CC(=O)O)CC2)c1. The molecule has 122 valence electrons. The summed E-state index contributed by atoms with van der Waals surface area (Å²) < 4.78 is 5.79. The molecule has 5 nitrogen and oxygen atoms in total. The standard InChI is InChI=1S/C17H26N2O3/c1-14-4-3-5-16(12-14)22-11-10-19-8-6-15(7-9-19)18(2)13-17(20)21/h3-5,12,15H,6-11,13H2,1-2H3,(H,20,21). The molecule has 0 radical (unpaired) electrons. The molecule has 5 heteroatoms. The number of ether oxygens (including phenoxy) is 1. The van der Waals surface area contributed by atoms with Crippen molar-refractivity contribution in [3.63, 3.8) is 0 Å². The average Bonchev–Trinajstić information content (AvgIpc) is 2.47. The molecule has 0 amide bonds. The molecule has 1 aliphatic heterocycles. The summed E-state index contributed by atoms with van der Waals surface area (Å²) in [6, 6.07) is 8.48. The lowest BCUT2D eigenvalue weighted by atomic mass is 10.0. The van der Waals surface area contributed by atoms with Crippen molar-refractivity contribution in [2.24, 2.45) is 0 Å². The number of nitrogens with zero attached hydrogens (tertiary/aromatic N) is 2. The van der Waals surface area contributed by atoms with Crippen LogP contribution in [0.2, 0.25) is 0 Å². The van der Waals surface area contributed by atoms with E-state index in [1.807, 2.05) is 30.1 Å². The minimum atomic E-state index is -0.753. The summed E-state index contributed by atoms with van der Waals surface area (Å²) in [6.07, 6.45) is 2.04. The number of aryl methyl sites for hydroxylation is 1. The van der Waals surface area contributed by atoms with Gasteiger partial charge in [0.1, 0.15) is 12.4 Å². The maximum absolute atomic E-state index is 10.7. The molecule has 0 spiro atoms. The number of aliphatic carboxylic acids is 1. The van der Waals surface area contributed by atoms with Crippen LogP contribution in [0.25, 0.3) is 0 Å². The molecule has 1 saturated heterocycles. The fourth-order valence-electron chi connectivity index (χ4n) is 2.92. The van der Waals surface area contributed by atoms with Gasteiger partial charge in [-0.2, -0.15) is 0 Å². The van der Waals surface area contributed by atoms with Gasteiger partial charge in [-0.25, -0.2) is 0 Å². The first kappa shape index (κ1) is 16.8. The van der Waals surface area contributed by atoms with E-state index >= 15 is 0 Å². The van der Waals surface area contributed by atoms with Gasteiger partial charge >= 0.3 is 5.97 Å². The Hall–Kier alpha value is -1.59. The molecule has 1 aliphatic rings. The first-order chi connectivity index (χ1) is 10.5. The van der Waals surface area contributed by atoms with Crippen molar-refractivity contribution in [1.29, 1.82) is 0 Å². The molecule has 1 N–H and O–H groups in total. The first-order valence-electron chi connectivity index (χ1n) is 7.88. The monoisotopic (exact) mass is 306 g/mol.